The number of carbonyl (C=O) groups excluding carboxylic acids is 1. The molecule has 0 spiro atoms. The standard InChI is InChI=1S/C17H11Cl2N3O3S/c18-9-1-3-12(11(19)5-9)21-16(23)13-7-26-17(22-13)20-10-2-4-14-15(6-10)25-8-24-14/h1-7H,8H2,(H,20,22)(H,21,23). The molecule has 26 heavy (non-hydrogen) atoms. The Morgan fingerprint density at radius 1 is 1.12 bits per heavy atom. The molecule has 3 aromatic rings. The van der Waals surface area contributed by atoms with Crippen LogP contribution in [0.25, 0.3) is 0 Å². The molecule has 1 aliphatic heterocycles. The number of benzene rings is 2. The van der Waals surface area contributed by atoms with E-state index in [-0.39, 0.29) is 18.4 Å². The lowest BCUT2D eigenvalue weighted by Crippen LogP contribution is -2.12. The Balaban J connectivity index is 1.46. The van der Waals surface area contributed by atoms with Crippen LogP contribution in [0.1, 0.15) is 10.5 Å². The molecule has 1 amide bonds. The Morgan fingerprint density at radius 3 is 2.81 bits per heavy atom. The average Bonchev–Trinajstić information content (AvgIpc) is 3.26. The zero-order valence-electron chi connectivity index (χ0n) is 13.1. The van der Waals surface area contributed by atoms with Crippen molar-refractivity contribution in [1.29, 1.82) is 0 Å². The Hall–Kier alpha value is -2.48. The van der Waals surface area contributed by atoms with Gasteiger partial charge in [-0.05, 0) is 30.3 Å². The monoisotopic (exact) mass is 407 g/mol. The quantitative estimate of drug-likeness (QED) is 0.623. The molecule has 0 unspecified atom stereocenters. The fourth-order valence-corrected chi connectivity index (χ4v) is 3.48. The molecule has 0 saturated heterocycles. The van der Waals surface area contributed by atoms with Gasteiger partial charge in [0.25, 0.3) is 5.91 Å². The van der Waals surface area contributed by atoms with Crippen molar-refractivity contribution in [2.45, 2.75) is 0 Å². The predicted molar refractivity (Wildman–Crippen MR) is 102 cm³/mol. The molecule has 6 nitrogen and oxygen atoms in total. The van der Waals surface area contributed by atoms with Gasteiger partial charge in [0.05, 0.1) is 10.7 Å². The van der Waals surface area contributed by atoms with Gasteiger partial charge in [-0.25, -0.2) is 4.98 Å². The number of carbonyl (C=O) groups is 1. The number of anilines is 3. The second-order valence-electron chi connectivity index (χ2n) is 5.31. The summed E-state index contributed by atoms with van der Waals surface area (Å²) < 4.78 is 10.6. The minimum absolute atomic E-state index is 0.216. The van der Waals surface area contributed by atoms with Crippen LogP contribution in [0.3, 0.4) is 0 Å². The number of hydrogen-bond acceptors (Lipinski definition) is 6. The van der Waals surface area contributed by atoms with Crippen LogP contribution < -0.4 is 20.1 Å². The van der Waals surface area contributed by atoms with Gasteiger partial charge in [-0.3, -0.25) is 4.79 Å². The summed E-state index contributed by atoms with van der Waals surface area (Å²) >= 11 is 13.2. The van der Waals surface area contributed by atoms with E-state index in [0.717, 1.165) is 5.69 Å². The van der Waals surface area contributed by atoms with Crippen LogP contribution in [-0.2, 0) is 0 Å². The summed E-state index contributed by atoms with van der Waals surface area (Å²) in [5.74, 6) is 1.01. The normalized spacial score (nSPS) is 12.1. The number of rotatable bonds is 4. The SMILES string of the molecule is O=C(Nc1ccc(Cl)cc1Cl)c1csc(Nc2ccc3c(c2)OCO3)n1. The Kier molecular flexibility index (Phi) is 4.58. The van der Waals surface area contributed by atoms with Crippen LogP contribution in [0.15, 0.2) is 41.8 Å². The number of hydrogen-bond donors (Lipinski definition) is 2. The third-order valence-electron chi connectivity index (χ3n) is 3.54. The van der Waals surface area contributed by atoms with E-state index in [9.17, 15) is 4.79 Å². The van der Waals surface area contributed by atoms with Crippen LogP contribution in [0.2, 0.25) is 10.0 Å². The van der Waals surface area contributed by atoms with Crippen molar-refractivity contribution < 1.29 is 14.3 Å². The molecule has 2 N–H and O–H groups in total. The molecule has 0 radical (unpaired) electrons. The van der Waals surface area contributed by atoms with E-state index in [0.29, 0.717) is 32.4 Å². The van der Waals surface area contributed by atoms with Gasteiger partial charge in [0.1, 0.15) is 5.69 Å². The zero-order chi connectivity index (χ0) is 18.1. The number of aromatic nitrogens is 1. The van der Waals surface area contributed by atoms with Crippen molar-refractivity contribution in [2.24, 2.45) is 0 Å². The maximum absolute atomic E-state index is 12.3. The zero-order valence-corrected chi connectivity index (χ0v) is 15.4. The van der Waals surface area contributed by atoms with Crippen molar-refractivity contribution in [2.75, 3.05) is 17.4 Å². The Morgan fingerprint density at radius 2 is 1.96 bits per heavy atom. The molecular weight excluding hydrogens is 397 g/mol. The first-order valence-electron chi connectivity index (χ1n) is 7.47. The molecule has 9 heteroatoms. The Labute approximate surface area is 162 Å². The maximum atomic E-state index is 12.3. The van der Waals surface area contributed by atoms with E-state index < -0.39 is 0 Å². The number of fused-ring (bicyclic) bond motifs is 1. The van der Waals surface area contributed by atoms with Crippen molar-refractivity contribution in [3.05, 3.63) is 57.5 Å². The first-order chi connectivity index (χ1) is 12.6. The van der Waals surface area contributed by atoms with E-state index >= 15 is 0 Å². The number of thiazole rings is 1. The summed E-state index contributed by atoms with van der Waals surface area (Å²) in [5, 5.41) is 8.95. The molecular formula is C17H11Cl2N3O3S. The highest BCUT2D eigenvalue weighted by Gasteiger charge is 2.15. The first-order valence-corrected chi connectivity index (χ1v) is 9.11. The predicted octanol–water partition coefficient (Wildman–Crippen LogP) is 5.17. The topological polar surface area (TPSA) is 72.5 Å². The maximum Gasteiger partial charge on any atom is 0.275 e. The molecule has 0 atom stereocenters. The molecule has 2 aromatic carbocycles. The smallest absolute Gasteiger partial charge is 0.275 e. The lowest BCUT2D eigenvalue weighted by Gasteiger charge is -2.06. The van der Waals surface area contributed by atoms with E-state index in [1.54, 1.807) is 23.6 Å². The molecule has 0 fully saturated rings. The Bertz CT molecular complexity index is 993. The van der Waals surface area contributed by atoms with Crippen molar-refractivity contribution >= 4 is 57.0 Å². The summed E-state index contributed by atoms with van der Waals surface area (Å²) in [7, 11) is 0. The summed E-state index contributed by atoms with van der Waals surface area (Å²) in [6, 6.07) is 10.3. The highest BCUT2D eigenvalue weighted by Crippen LogP contribution is 2.35. The number of nitrogens with one attached hydrogen (secondary N) is 2. The van der Waals surface area contributed by atoms with E-state index in [1.165, 1.54) is 11.3 Å². The number of nitrogens with zero attached hydrogens (tertiary/aromatic N) is 1. The van der Waals surface area contributed by atoms with Gasteiger partial charge in [-0.1, -0.05) is 23.2 Å². The average molecular weight is 408 g/mol. The van der Waals surface area contributed by atoms with Crippen LogP contribution in [0, 0.1) is 0 Å². The molecule has 132 valence electrons. The molecule has 1 aliphatic rings. The van der Waals surface area contributed by atoms with E-state index in [4.69, 9.17) is 32.7 Å². The van der Waals surface area contributed by atoms with E-state index in [1.807, 2.05) is 18.2 Å². The summed E-state index contributed by atoms with van der Waals surface area (Å²) in [5.41, 5.74) is 1.54. The third-order valence-corrected chi connectivity index (χ3v) is 4.85. The second kappa shape index (κ2) is 7.03. The molecule has 1 aromatic heterocycles. The second-order valence-corrected chi connectivity index (χ2v) is 7.01. The first kappa shape index (κ1) is 17.0. The molecule has 0 aliphatic carbocycles. The van der Waals surface area contributed by atoms with Gasteiger partial charge >= 0.3 is 0 Å². The minimum atomic E-state index is -0.357. The lowest BCUT2D eigenvalue weighted by molar-refractivity contribution is 0.102. The van der Waals surface area contributed by atoms with Gasteiger partial charge < -0.3 is 20.1 Å². The van der Waals surface area contributed by atoms with Crippen LogP contribution in [-0.4, -0.2) is 17.7 Å². The van der Waals surface area contributed by atoms with Crippen molar-refractivity contribution in [1.82, 2.24) is 4.98 Å². The number of ether oxygens (including phenoxy) is 2. The largest absolute Gasteiger partial charge is 0.454 e. The fourth-order valence-electron chi connectivity index (χ4n) is 2.31. The highest BCUT2D eigenvalue weighted by molar-refractivity contribution is 7.14. The summed E-state index contributed by atoms with van der Waals surface area (Å²) in [6.45, 7) is 0.216. The number of amides is 1. The van der Waals surface area contributed by atoms with Crippen molar-refractivity contribution in [3.8, 4) is 11.5 Å². The minimum Gasteiger partial charge on any atom is -0.454 e. The molecule has 4 rings (SSSR count). The van der Waals surface area contributed by atoms with Crippen LogP contribution in [0.4, 0.5) is 16.5 Å². The van der Waals surface area contributed by atoms with Crippen molar-refractivity contribution in [3.63, 3.8) is 0 Å². The van der Waals surface area contributed by atoms with Gasteiger partial charge in [-0.15, -0.1) is 11.3 Å². The van der Waals surface area contributed by atoms with Crippen LogP contribution >= 0.6 is 34.5 Å². The molecule has 0 saturated carbocycles. The van der Waals surface area contributed by atoms with Gasteiger partial charge in [0.2, 0.25) is 6.79 Å². The summed E-state index contributed by atoms with van der Waals surface area (Å²) in [4.78, 5) is 16.6. The third kappa shape index (κ3) is 3.55. The van der Waals surface area contributed by atoms with E-state index in [2.05, 4.69) is 15.6 Å². The van der Waals surface area contributed by atoms with Gasteiger partial charge in [0, 0.05) is 22.2 Å². The van der Waals surface area contributed by atoms with Gasteiger partial charge in [0.15, 0.2) is 16.6 Å². The molecule has 2 heterocycles. The van der Waals surface area contributed by atoms with Crippen LogP contribution in [0.5, 0.6) is 11.5 Å². The van der Waals surface area contributed by atoms with Gasteiger partial charge in [-0.2, -0.15) is 0 Å². The fraction of sp³-hybridized carbons (Fsp3) is 0.0588. The number of halogens is 2. The highest BCUT2D eigenvalue weighted by atomic mass is 35.5. The lowest BCUT2D eigenvalue weighted by atomic mass is 10.3. The molecule has 0 bridgehead atoms. The summed E-state index contributed by atoms with van der Waals surface area (Å²) in [6.07, 6.45) is 0.